The van der Waals surface area contributed by atoms with E-state index in [4.69, 9.17) is 9.90 Å². The molecule has 0 bridgehead atoms. The Labute approximate surface area is 260 Å². The minimum Gasteiger partial charge on any atom is -0.456 e. The number of fused-ring (bicyclic) bond motifs is 6. The normalized spacial score (nSPS) is 14.3. The molecule has 9 rings (SSSR count). The molecule has 1 aromatic heterocycles. The molecule has 43 heavy (non-hydrogen) atoms. The van der Waals surface area contributed by atoms with Crippen molar-refractivity contribution in [3.8, 4) is 33.6 Å². The molecule has 0 fully saturated rings. The first-order valence-corrected chi connectivity index (χ1v) is 14.1. The molecule has 8 aromatic carbocycles. The zero-order valence-electron chi connectivity index (χ0n) is 30.8. The molecule has 9 aromatic rings. The van der Waals surface area contributed by atoms with Gasteiger partial charge in [-0.1, -0.05) is 139 Å². The lowest BCUT2D eigenvalue weighted by molar-refractivity contribution is 0.631. The molecule has 0 saturated carbocycles. The summed E-state index contributed by atoms with van der Waals surface area (Å²) < 4.78 is 78.6. The largest absolute Gasteiger partial charge is 0.456 e. The Morgan fingerprint density at radius 1 is 0.419 bits per heavy atom. The lowest BCUT2D eigenvalue weighted by Gasteiger charge is -2.19. The molecule has 1 heteroatoms. The Bertz CT molecular complexity index is 2870. The third kappa shape index (κ3) is 3.72. The van der Waals surface area contributed by atoms with E-state index in [9.17, 15) is 5.48 Å². The van der Waals surface area contributed by atoms with E-state index in [1.165, 1.54) is 0 Å². The Morgan fingerprint density at radius 3 is 1.86 bits per heavy atom. The van der Waals surface area contributed by atoms with Crippen LogP contribution in [0.25, 0.3) is 87.6 Å². The van der Waals surface area contributed by atoms with Crippen molar-refractivity contribution in [1.29, 1.82) is 0 Å². The molecule has 0 aliphatic carbocycles. The van der Waals surface area contributed by atoms with Gasteiger partial charge in [0.15, 0.2) is 0 Å². The summed E-state index contributed by atoms with van der Waals surface area (Å²) in [7, 11) is 0. The molecular formula is C42H26O. The average molecular weight is 555 g/mol. The molecule has 0 aliphatic rings. The smallest absolute Gasteiger partial charge is 0.135 e. The summed E-state index contributed by atoms with van der Waals surface area (Å²) in [5.41, 5.74) is 3.27. The molecule has 0 amide bonds. The molecule has 0 atom stereocenters. The van der Waals surface area contributed by atoms with E-state index < -0.39 is 24.2 Å². The highest BCUT2D eigenvalue weighted by atomic mass is 16.3. The number of benzene rings is 8. The zero-order valence-corrected chi connectivity index (χ0v) is 22.8. The first kappa shape index (κ1) is 17.3. The van der Waals surface area contributed by atoms with Crippen LogP contribution >= 0.6 is 0 Å². The van der Waals surface area contributed by atoms with Crippen LogP contribution in [0.5, 0.6) is 0 Å². The first-order chi connectivity index (χ1) is 24.7. The molecule has 200 valence electrons. The third-order valence-corrected chi connectivity index (χ3v) is 8.29. The molecule has 0 N–H and O–H groups in total. The molecule has 0 saturated heterocycles. The third-order valence-electron chi connectivity index (χ3n) is 8.29. The Balaban J connectivity index is 1.50. The zero-order chi connectivity index (χ0) is 35.3. The van der Waals surface area contributed by atoms with Crippen molar-refractivity contribution in [2.24, 2.45) is 0 Å². The fourth-order valence-corrected chi connectivity index (χ4v) is 6.38. The van der Waals surface area contributed by atoms with Crippen LogP contribution in [0.4, 0.5) is 0 Å². The molecule has 0 aliphatic heterocycles. The van der Waals surface area contributed by atoms with Crippen LogP contribution in [0, 0.1) is 0 Å². The van der Waals surface area contributed by atoms with Crippen LogP contribution in [0.3, 0.4) is 0 Å². The van der Waals surface area contributed by atoms with Gasteiger partial charge in [0, 0.05) is 10.9 Å². The lowest BCUT2D eigenvalue weighted by atomic mass is 9.84. The van der Waals surface area contributed by atoms with E-state index in [1.807, 2.05) is 97.1 Å². The monoisotopic (exact) mass is 554 g/mol. The first-order valence-electron chi connectivity index (χ1n) is 18.1. The summed E-state index contributed by atoms with van der Waals surface area (Å²) in [4.78, 5) is 0. The van der Waals surface area contributed by atoms with Crippen molar-refractivity contribution in [3.05, 3.63) is 158 Å². The van der Waals surface area contributed by atoms with Gasteiger partial charge in [-0.2, -0.15) is 0 Å². The summed E-state index contributed by atoms with van der Waals surface area (Å²) >= 11 is 0. The maximum atomic E-state index is 9.34. The minimum absolute atomic E-state index is 0.178. The second-order valence-electron chi connectivity index (χ2n) is 10.7. The van der Waals surface area contributed by atoms with Gasteiger partial charge >= 0.3 is 0 Å². The van der Waals surface area contributed by atoms with E-state index in [1.54, 1.807) is 12.1 Å². The van der Waals surface area contributed by atoms with Gasteiger partial charge in [-0.15, -0.1) is 0 Å². The second-order valence-corrected chi connectivity index (χ2v) is 10.7. The van der Waals surface area contributed by atoms with Gasteiger partial charge in [0.05, 0.1) is 11.0 Å². The van der Waals surface area contributed by atoms with E-state index in [0.29, 0.717) is 33.6 Å². The highest BCUT2D eigenvalue weighted by Gasteiger charge is 2.19. The van der Waals surface area contributed by atoms with Crippen LogP contribution in [-0.2, 0) is 0 Å². The molecule has 0 radical (unpaired) electrons. The molecule has 0 unspecified atom stereocenters. The summed E-state index contributed by atoms with van der Waals surface area (Å²) in [6.45, 7) is 0. The molecular weight excluding hydrogens is 520 g/mol. The number of hydrogen-bond acceptors (Lipinski definition) is 1. The molecule has 1 nitrogen and oxygen atoms in total. The summed E-state index contributed by atoms with van der Waals surface area (Å²) in [5.74, 6) is 0.653. The maximum absolute atomic E-state index is 9.34. The SMILES string of the molecule is [2H]c1c([2H])c([2H])c2c(-c3cccc4c3ccc3ccccc34)c3c([2H])c([2H])c([2H])c([2H])c3c(-c3ccc4oc(-c5ccccc5)cc4c3)c2c1[2H]. The van der Waals surface area contributed by atoms with E-state index >= 15 is 0 Å². The quantitative estimate of drug-likeness (QED) is 0.156. The number of hydrogen-bond donors (Lipinski definition) is 0. The lowest BCUT2D eigenvalue weighted by Crippen LogP contribution is -1.91. The predicted octanol–water partition coefficient (Wildman–Crippen LogP) is 12.0. The number of furan rings is 1. The highest BCUT2D eigenvalue weighted by Crippen LogP contribution is 2.46. The van der Waals surface area contributed by atoms with E-state index in [0.717, 1.165) is 32.5 Å². The van der Waals surface area contributed by atoms with Crippen molar-refractivity contribution < 1.29 is 15.4 Å². The van der Waals surface area contributed by atoms with Crippen molar-refractivity contribution in [2.45, 2.75) is 0 Å². The van der Waals surface area contributed by atoms with Crippen LogP contribution in [0.2, 0.25) is 0 Å². The summed E-state index contributed by atoms with van der Waals surface area (Å²) in [6, 6.07) is 31.8. The standard InChI is InChI=1S/C42H26O/c1-2-12-28(13-3-1)40-26-30-25-29(22-24-39(30)43-40)41-35-15-6-8-17-37(35)42(38-18-9-7-16-36(38)41)34-20-10-19-32-31-14-5-4-11-27(31)21-23-33(32)34/h1-26H/i6D,7D,8D,9D,15D,16D,17D,18D. The van der Waals surface area contributed by atoms with Gasteiger partial charge < -0.3 is 4.42 Å². The Morgan fingerprint density at radius 2 is 1.09 bits per heavy atom. The van der Waals surface area contributed by atoms with Crippen LogP contribution in [0.15, 0.2) is 162 Å². The van der Waals surface area contributed by atoms with E-state index in [-0.39, 0.29) is 45.7 Å². The minimum atomic E-state index is -0.431. The van der Waals surface area contributed by atoms with Crippen LogP contribution in [-0.4, -0.2) is 0 Å². The summed E-state index contributed by atoms with van der Waals surface area (Å²) in [5, 5.41) is 5.19. The molecule has 1 heterocycles. The van der Waals surface area contributed by atoms with Crippen molar-refractivity contribution in [3.63, 3.8) is 0 Å². The van der Waals surface area contributed by atoms with Gasteiger partial charge in [0.2, 0.25) is 0 Å². The van der Waals surface area contributed by atoms with Gasteiger partial charge in [-0.05, 0) is 83.5 Å². The Hall–Kier alpha value is -5.66. The fraction of sp³-hybridized carbons (Fsp3) is 0. The van der Waals surface area contributed by atoms with Crippen LogP contribution in [0.1, 0.15) is 11.0 Å². The van der Waals surface area contributed by atoms with Gasteiger partial charge in [-0.25, -0.2) is 0 Å². The van der Waals surface area contributed by atoms with Gasteiger partial charge in [0.25, 0.3) is 0 Å². The maximum Gasteiger partial charge on any atom is 0.135 e. The second kappa shape index (κ2) is 9.44. The number of rotatable bonds is 3. The fourth-order valence-electron chi connectivity index (χ4n) is 6.38. The van der Waals surface area contributed by atoms with Crippen molar-refractivity contribution in [1.82, 2.24) is 0 Å². The topological polar surface area (TPSA) is 13.1 Å². The van der Waals surface area contributed by atoms with Gasteiger partial charge in [0.1, 0.15) is 11.3 Å². The van der Waals surface area contributed by atoms with Crippen molar-refractivity contribution >= 4 is 54.1 Å². The highest BCUT2D eigenvalue weighted by molar-refractivity contribution is 6.25. The Kier molecular flexibility index (Phi) is 3.80. The average Bonchev–Trinajstić information content (AvgIpc) is 3.60. The van der Waals surface area contributed by atoms with Gasteiger partial charge in [-0.3, -0.25) is 0 Å². The predicted molar refractivity (Wildman–Crippen MR) is 183 cm³/mol. The van der Waals surface area contributed by atoms with Crippen LogP contribution < -0.4 is 0 Å². The molecule has 0 spiro atoms. The summed E-state index contributed by atoms with van der Waals surface area (Å²) in [6.07, 6.45) is 0. The van der Waals surface area contributed by atoms with Crippen molar-refractivity contribution in [2.75, 3.05) is 0 Å². The van der Waals surface area contributed by atoms with E-state index in [2.05, 4.69) is 0 Å².